The number of rotatable bonds is 4. The number of benzene rings is 1. The Balaban J connectivity index is 1.78. The molecule has 31 heavy (non-hydrogen) atoms. The zero-order valence-corrected chi connectivity index (χ0v) is 19.1. The molecule has 0 unspecified atom stereocenters. The van der Waals surface area contributed by atoms with Gasteiger partial charge in [0.1, 0.15) is 5.82 Å². The summed E-state index contributed by atoms with van der Waals surface area (Å²) in [4.78, 5) is 32.2. The van der Waals surface area contributed by atoms with Crippen LogP contribution in [0.2, 0.25) is 0 Å². The van der Waals surface area contributed by atoms with Gasteiger partial charge in [-0.1, -0.05) is 25.1 Å². The fraction of sp³-hybridized carbons (Fsp3) is 0.320. The Kier molecular flexibility index (Phi) is 6.01. The monoisotopic (exact) mass is 433 g/mol. The molecule has 0 spiro atoms. The van der Waals surface area contributed by atoms with Crippen molar-refractivity contribution in [3.05, 3.63) is 76.3 Å². The fourth-order valence-electron chi connectivity index (χ4n) is 4.46. The molecular formula is C25H27N3O2S. The minimum absolute atomic E-state index is 0.117. The minimum Gasteiger partial charge on any atom is -0.362 e. The first-order chi connectivity index (χ1) is 14.9. The van der Waals surface area contributed by atoms with Gasteiger partial charge in [-0.3, -0.25) is 9.59 Å². The number of ketones is 1. The average molecular weight is 434 g/mol. The Morgan fingerprint density at radius 2 is 1.87 bits per heavy atom. The smallest absolute Gasteiger partial charge is 0.255 e. The lowest BCUT2D eigenvalue weighted by atomic mass is 9.73. The summed E-state index contributed by atoms with van der Waals surface area (Å²) in [5, 5.41) is 6.32. The van der Waals surface area contributed by atoms with Gasteiger partial charge in [-0.25, -0.2) is 4.98 Å². The maximum absolute atomic E-state index is 13.5. The van der Waals surface area contributed by atoms with Gasteiger partial charge in [0.25, 0.3) is 5.91 Å². The van der Waals surface area contributed by atoms with Crippen molar-refractivity contribution in [3.8, 4) is 0 Å². The summed E-state index contributed by atoms with van der Waals surface area (Å²) in [7, 11) is 0. The third-order valence-corrected chi connectivity index (χ3v) is 6.60. The van der Waals surface area contributed by atoms with Crippen molar-refractivity contribution >= 4 is 29.3 Å². The highest BCUT2D eigenvalue weighted by atomic mass is 32.2. The highest BCUT2D eigenvalue weighted by Crippen LogP contribution is 2.43. The molecule has 1 aromatic heterocycles. The number of aromatic nitrogens is 1. The molecule has 4 rings (SSSR count). The Morgan fingerprint density at radius 3 is 2.55 bits per heavy atom. The second kappa shape index (κ2) is 8.71. The van der Waals surface area contributed by atoms with Crippen LogP contribution in [-0.4, -0.2) is 22.9 Å². The van der Waals surface area contributed by atoms with Crippen LogP contribution >= 0.6 is 11.8 Å². The van der Waals surface area contributed by atoms with Gasteiger partial charge in [0.15, 0.2) is 5.78 Å². The van der Waals surface area contributed by atoms with E-state index < -0.39 is 5.92 Å². The molecule has 1 aliphatic carbocycles. The Morgan fingerprint density at radius 1 is 1.13 bits per heavy atom. The molecule has 1 aromatic carbocycles. The number of anilines is 1. The number of dihydropyridines is 1. The summed E-state index contributed by atoms with van der Waals surface area (Å²) in [5.41, 5.74) is 4.81. The van der Waals surface area contributed by atoms with E-state index in [1.54, 1.807) is 17.8 Å². The number of amides is 1. The standard InChI is InChI=1S/C25H27N3O2S/c1-14-12-19-24(20(29)13-14)23(17-8-10-18(31-4)11-9-17)22(16(3)27-19)25(30)28-21-7-5-6-15(2)26-21/h5-11,14,23,27H,12-13H2,1-4H3,(H,26,28,30)/t14-,23-/m1/s1. The molecule has 2 heterocycles. The molecule has 0 saturated heterocycles. The van der Waals surface area contributed by atoms with Crippen molar-refractivity contribution in [3.63, 3.8) is 0 Å². The van der Waals surface area contributed by atoms with Gasteiger partial charge >= 0.3 is 0 Å². The number of hydrogen-bond donors (Lipinski definition) is 2. The molecule has 2 aromatic rings. The van der Waals surface area contributed by atoms with Gasteiger partial charge in [0.05, 0.1) is 0 Å². The van der Waals surface area contributed by atoms with Crippen LogP contribution in [0.15, 0.2) is 69.9 Å². The zero-order valence-electron chi connectivity index (χ0n) is 18.3. The number of aryl methyl sites for hydroxylation is 1. The molecule has 2 aliphatic rings. The molecule has 0 bridgehead atoms. The second-order valence-corrected chi connectivity index (χ2v) is 9.20. The lowest BCUT2D eigenvalue weighted by molar-refractivity contribution is -0.117. The third-order valence-electron chi connectivity index (χ3n) is 5.86. The summed E-state index contributed by atoms with van der Waals surface area (Å²) in [6, 6.07) is 13.7. The predicted octanol–water partition coefficient (Wildman–Crippen LogP) is 4.96. The third kappa shape index (κ3) is 4.30. The van der Waals surface area contributed by atoms with E-state index in [9.17, 15) is 9.59 Å². The Hall–Kier alpha value is -2.86. The van der Waals surface area contributed by atoms with Gasteiger partial charge in [0.2, 0.25) is 0 Å². The van der Waals surface area contributed by atoms with Crippen LogP contribution in [0.25, 0.3) is 0 Å². The summed E-state index contributed by atoms with van der Waals surface area (Å²) >= 11 is 1.67. The van der Waals surface area contributed by atoms with Gasteiger partial charge < -0.3 is 10.6 Å². The van der Waals surface area contributed by atoms with E-state index in [1.807, 2.05) is 56.5 Å². The molecule has 0 fully saturated rings. The molecule has 2 N–H and O–H groups in total. The quantitative estimate of drug-likeness (QED) is 0.667. The number of Topliss-reactive ketones (excluding diaryl/α,β-unsaturated/α-hetero) is 1. The normalized spacial score (nSPS) is 21.0. The Bertz CT molecular complexity index is 1100. The predicted molar refractivity (Wildman–Crippen MR) is 125 cm³/mol. The van der Waals surface area contributed by atoms with E-state index >= 15 is 0 Å². The molecule has 0 saturated carbocycles. The average Bonchev–Trinajstić information content (AvgIpc) is 2.72. The van der Waals surface area contributed by atoms with Gasteiger partial charge in [0, 0.05) is 45.5 Å². The largest absolute Gasteiger partial charge is 0.362 e. The van der Waals surface area contributed by atoms with Crippen LogP contribution < -0.4 is 10.6 Å². The maximum atomic E-state index is 13.5. The number of thioether (sulfide) groups is 1. The van der Waals surface area contributed by atoms with Gasteiger partial charge in [-0.2, -0.15) is 0 Å². The molecule has 1 aliphatic heterocycles. The van der Waals surface area contributed by atoms with E-state index in [2.05, 4.69) is 22.5 Å². The van der Waals surface area contributed by atoms with Crippen molar-refractivity contribution in [2.45, 2.75) is 44.4 Å². The van der Waals surface area contributed by atoms with E-state index in [-0.39, 0.29) is 17.6 Å². The molecule has 0 radical (unpaired) electrons. The molecule has 1 amide bonds. The summed E-state index contributed by atoms with van der Waals surface area (Å²) in [5.74, 6) is 0.284. The highest BCUT2D eigenvalue weighted by molar-refractivity contribution is 7.98. The molecule has 160 valence electrons. The fourth-order valence-corrected chi connectivity index (χ4v) is 4.87. The number of carbonyl (C=O) groups is 2. The van der Waals surface area contributed by atoms with E-state index in [0.717, 1.165) is 39.5 Å². The number of carbonyl (C=O) groups excluding carboxylic acids is 2. The molecule has 6 heteroatoms. The van der Waals surface area contributed by atoms with Crippen LogP contribution in [0, 0.1) is 12.8 Å². The first-order valence-electron chi connectivity index (χ1n) is 10.5. The van der Waals surface area contributed by atoms with E-state index in [0.29, 0.717) is 17.8 Å². The number of nitrogens with one attached hydrogen (secondary N) is 2. The van der Waals surface area contributed by atoms with Gasteiger partial charge in [-0.05, 0) is 62.3 Å². The molecule has 5 nitrogen and oxygen atoms in total. The number of hydrogen-bond acceptors (Lipinski definition) is 5. The topological polar surface area (TPSA) is 71.1 Å². The SMILES string of the molecule is CSc1ccc([C@@H]2C(C(=O)Nc3cccc(C)n3)=C(C)NC3=C2C(=O)C[C@H](C)C3)cc1. The van der Waals surface area contributed by atoms with E-state index in [1.165, 1.54) is 0 Å². The maximum Gasteiger partial charge on any atom is 0.255 e. The summed E-state index contributed by atoms with van der Waals surface area (Å²) in [6.45, 7) is 5.89. The van der Waals surface area contributed by atoms with E-state index in [4.69, 9.17) is 0 Å². The summed E-state index contributed by atoms with van der Waals surface area (Å²) in [6.07, 6.45) is 3.35. The van der Waals surface area contributed by atoms with Crippen LogP contribution in [0.4, 0.5) is 5.82 Å². The van der Waals surface area contributed by atoms with Crippen LogP contribution in [0.1, 0.15) is 43.9 Å². The van der Waals surface area contributed by atoms with Crippen molar-refractivity contribution in [1.82, 2.24) is 10.3 Å². The van der Waals surface area contributed by atoms with Crippen molar-refractivity contribution in [1.29, 1.82) is 0 Å². The lowest BCUT2D eigenvalue weighted by Gasteiger charge is -2.36. The van der Waals surface area contributed by atoms with Crippen molar-refractivity contribution in [2.75, 3.05) is 11.6 Å². The number of allylic oxidation sites excluding steroid dienone is 3. The van der Waals surface area contributed by atoms with Gasteiger partial charge in [-0.15, -0.1) is 11.8 Å². The first kappa shape index (κ1) is 21.4. The number of pyridine rings is 1. The number of nitrogens with zero attached hydrogens (tertiary/aromatic N) is 1. The molecular weight excluding hydrogens is 406 g/mol. The van der Waals surface area contributed by atoms with Crippen LogP contribution in [-0.2, 0) is 9.59 Å². The van der Waals surface area contributed by atoms with Crippen LogP contribution in [0.3, 0.4) is 0 Å². The summed E-state index contributed by atoms with van der Waals surface area (Å²) < 4.78 is 0. The van der Waals surface area contributed by atoms with Crippen LogP contribution in [0.5, 0.6) is 0 Å². The second-order valence-electron chi connectivity index (χ2n) is 8.32. The van der Waals surface area contributed by atoms with Crippen molar-refractivity contribution in [2.24, 2.45) is 5.92 Å². The Labute approximate surface area is 187 Å². The molecule has 2 atom stereocenters. The minimum atomic E-state index is -0.392. The lowest BCUT2D eigenvalue weighted by Crippen LogP contribution is -2.37. The highest BCUT2D eigenvalue weighted by Gasteiger charge is 2.39. The first-order valence-corrected chi connectivity index (χ1v) is 11.7. The zero-order chi connectivity index (χ0) is 22.1. The van der Waals surface area contributed by atoms with Crippen molar-refractivity contribution < 1.29 is 9.59 Å².